The monoisotopic (exact) mass is 276 g/mol. The van der Waals surface area contributed by atoms with Crippen molar-refractivity contribution in [2.45, 2.75) is 19.8 Å². The Morgan fingerprint density at radius 1 is 1.28 bits per heavy atom. The zero-order valence-electron chi connectivity index (χ0n) is 10.1. The van der Waals surface area contributed by atoms with Gasteiger partial charge in [0.05, 0.1) is 0 Å². The van der Waals surface area contributed by atoms with Gasteiger partial charge in [-0.2, -0.15) is 9.61 Å². The maximum atomic E-state index is 4.52. The van der Waals surface area contributed by atoms with E-state index in [1.807, 2.05) is 16.7 Å². The fourth-order valence-corrected chi connectivity index (χ4v) is 2.98. The smallest absolute Gasteiger partial charge is 0.187 e. The van der Waals surface area contributed by atoms with Crippen LogP contribution in [0.25, 0.3) is 17.1 Å². The average Bonchev–Trinajstić information content (AvgIpc) is 3.02. The maximum absolute atomic E-state index is 4.52. The van der Waals surface area contributed by atoms with Crippen LogP contribution in [-0.4, -0.2) is 19.8 Å². The van der Waals surface area contributed by atoms with Crippen molar-refractivity contribution in [3.05, 3.63) is 33.2 Å². The molecule has 3 aromatic heterocycles. The molecule has 6 heteroatoms. The summed E-state index contributed by atoms with van der Waals surface area (Å²) in [5, 5.41) is 15.8. The molecule has 0 aliphatic heterocycles. The van der Waals surface area contributed by atoms with Crippen LogP contribution in [0.3, 0.4) is 0 Å². The summed E-state index contributed by atoms with van der Waals surface area (Å²) in [4.78, 5) is 2.08. The van der Waals surface area contributed by atoms with Crippen LogP contribution in [0.5, 0.6) is 0 Å². The van der Waals surface area contributed by atoms with E-state index in [-0.39, 0.29) is 0 Å². The molecule has 0 saturated heterocycles. The lowest BCUT2D eigenvalue weighted by Crippen LogP contribution is -1.97. The number of hydrogen-bond acceptors (Lipinski definition) is 5. The first kappa shape index (κ1) is 11.6. The molecule has 0 aliphatic rings. The molecule has 0 spiro atoms. The molecule has 3 heterocycles. The lowest BCUT2D eigenvalue weighted by molar-refractivity contribution is 0.724. The molecule has 0 atom stereocenters. The van der Waals surface area contributed by atoms with Gasteiger partial charge in [0.2, 0.25) is 4.96 Å². The van der Waals surface area contributed by atoms with Gasteiger partial charge in [-0.05, 0) is 23.6 Å². The third kappa shape index (κ3) is 2.09. The van der Waals surface area contributed by atoms with Crippen LogP contribution in [0.2, 0.25) is 0 Å². The van der Waals surface area contributed by atoms with E-state index in [2.05, 4.69) is 46.7 Å². The highest BCUT2D eigenvalue weighted by Gasteiger charge is 2.12. The molecule has 4 nitrogen and oxygen atoms in total. The minimum absolute atomic E-state index is 0.330. The lowest BCUT2D eigenvalue weighted by Gasteiger charge is -1.96. The van der Waals surface area contributed by atoms with Gasteiger partial charge in [-0.25, -0.2) is 0 Å². The van der Waals surface area contributed by atoms with Crippen LogP contribution >= 0.6 is 22.7 Å². The highest BCUT2D eigenvalue weighted by molar-refractivity contribution is 7.17. The van der Waals surface area contributed by atoms with E-state index < -0.39 is 0 Å². The molecule has 0 aliphatic carbocycles. The van der Waals surface area contributed by atoms with Crippen LogP contribution in [0, 0.1) is 0 Å². The van der Waals surface area contributed by atoms with Crippen molar-refractivity contribution in [1.29, 1.82) is 0 Å². The molecule has 0 amide bonds. The molecule has 0 unspecified atom stereocenters. The lowest BCUT2D eigenvalue weighted by atomic mass is 10.2. The second kappa shape index (κ2) is 4.62. The second-order valence-corrected chi connectivity index (χ2v) is 6.16. The normalized spacial score (nSPS) is 12.2. The Hall–Kier alpha value is -1.53. The second-order valence-electron chi connectivity index (χ2n) is 4.20. The van der Waals surface area contributed by atoms with Crippen molar-refractivity contribution in [3.63, 3.8) is 0 Å². The van der Waals surface area contributed by atoms with Crippen molar-refractivity contribution in [1.82, 2.24) is 19.8 Å². The predicted molar refractivity (Wildman–Crippen MR) is 76.0 cm³/mol. The Morgan fingerprint density at radius 3 is 2.89 bits per heavy atom. The molecule has 92 valence electrons. The van der Waals surface area contributed by atoms with Gasteiger partial charge in [-0.3, -0.25) is 0 Å². The summed E-state index contributed by atoms with van der Waals surface area (Å²) in [5.74, 6) is 1.24. The van der Waals surface area contributed by atoms with Crippen molar-refractivity contribution < 1.29 is 0 Å². The zero-order chi connectivity index (χ0) is 12.5. The molecule has 0 saturated carbocycles. The van der Waals surface area contributed by atoms with Crippen LogP contribution in [0.1, 0.15) is 35.5 Å². The number of hydrogen-bond donors (Lipinski definition) is 0. The van der Waals surface area contributed by atoms with Gasteiger partial charge < -0.3 is 0 Å². The van der Waals surface area contributed by atoms with Crippen molar-refractivity contribution in [2.75, 3.05) is 0 Å². The van der Waals surface area contributed by atoms with Crippen LogP contribution in [0.15, 0.2) is 17.5 Å². The largest absolute Gasteiger partial charge is 0.234 e. The van der Waals surface area contributed by atoms with Gasteiger partial charge >= 0.3 is 0 Å². The number of thiophene rings is 1. The van der Waals surface area contributed by atoms with Gasteiger partial charge in [0.15, 0.2) is 5.82 Å². The zero-order valence-corrected chi connectivity index (χ0v) is 11.7. The minimum Gasteiger partial charge on any atom is -0.187 e. The van der Waals surface area contributed by atoms with Crippen LogP contribution in [-0.2, 0) is 0 Å². The maximum Gasteiger partial charge on any atom is 0.234 e. The van der Waals surface area contributed by atoms with Gasteiger partial charge in [-0.1, -0.05) is 31.3 Å². The highest BCUT2D eigenvalue weighted by atomic mass is 32.1. The highest BCUT2D eigenvalue weighted by Crippen LogP contribution is 2.20. The first-order valence-corrected chi connectivity index (χ1v) is 7.37. The predicted octanol–water partition coefficient (Wildman–Crippen LogP) is 3.54. The molecule has 0 aromatic carbocycles. The number of nitrogens with zero attached hydrogens (tertiary/aromatic N) is 4. The van der Waals surface area contributed by atoms with E-state index in [1.54, 1.807) is 22.7 Å². The Bertz CT molecular complexity index is 676. The SMILES string of the molecule is CC(C)c1nnc2sc(C=Cc3cccs3)nn12. The Labute approximate surface area is 113 Å². The first-order chi connectivity index (χ1) is 8.74. The molecule has 0 N–H and O–H groups in total. The van der Waals surface area contributed by atoms with Crippen LogP contribution in [0.4, 0.5) is 0 Å². The summed E-state index contributed by atoms with van der Waals surface area (Å²) in [6, 6.07) is 4.13. The van der Waals surface area contributed by atoms with Gasteiger partial charge in [0, 0.05) is 10.8 Å². The fourth-order valence-electron chi connectivity index (χ4n) is 1.61. The summed E-state index contributed by atoms with van der Waals surface area (Å²) < 4.78 is 1.84. The molecule has 18 heavy (non-hydrogen) atoms. The van der Waals surface area contributed by atoms with E-state index in [4.69, 9.17) is 0 Å². The topological polar surface area (TPSA) is 43.1 Å². The number of rotatable bonds is 3. The standard InChI is InChI=1S/C12H12N4S2/c1-8(2)11-13-14-12-16(11)15-10(18-12)6-5-9-4-3-7-17-9/h3-8H,1-2H3. The van der Waals surface area contributed by atoms with Gasteiger partial charge in [0.25, 0.3) is 0 Å². The number of aromatic nitrogens is 4. The van der Waals surface area contributed by atoms with Crippen molar-refractivity contribution >= 4 is 39.8 Å². The first-order valence-electron chi connectivity index (χ1n) is 5.68. The summed E-state index contributed by atoms with van der Waals surface area (Å²) in [6.07, 6.45) is 4.10. The summed E-state index contributed by atoms with van der Waals surface area (Å²) >= 11 is 3.27. The van der Waals surface area contributed by atoms with Gasteiger partial charge in [0.1, 0.15) is 5.01 Å². The quantitative estimate of drug-likeness (QED) is 0.735. The average molecular weight is 276 g/mol. The van der Waals surface area contributed by atoms with E-state index in [0.717, 1.165) is 15.8 Å². The van der Waals surface area contributed by atoms with Gasteiger partial charge in [-0.15, -0.1) is 21.5 Å². The van der Waals surface area contributed by atoms with Crippen LogP contribution < -0.4 is 0 Å². The van der Waals surface area contributed by atoms with E-state index in [1.165, 1.54) is 4.88 Å². The summed E-state index contributed by atoms with van der Waals surface area (Å²) in [7, 11) is 0. The molecular weight excluding hydrogens is 264 g/mol. The van der Waals surface area contributed by atoms with E-state index in [9.17, 15) is 0 Å². The van der Waals surface area contributed by atoms with E-state index >= 15 is 0 Å². The molecule has 0 radical (unpaired) electrons. The van der Waals surface area contributed by atoms with Crippen molar-refractivity contribution in [2.24, 2.45) is 0 Å². The molecular formula is C12H12N4S2. The molecule has 3 rings (SSSR count). The van der Waals surface area contributed by atoms with E-state index in [0.29, 0.717) is 5.92 Å². The van der Waals surface area contributed by atoms with Crippen molar-refractivity contribution in [3.8, 4) is 0 Å². The summed E-state index contributed by atoms with van der Waals surface area (Å²) in [6.45, 7) is 4.19. The third-order valence-corrected chi connectivity index (χ3v) is 4.18. The number of fused-ring (bicyclic) bond motifs is 1. The fraction of sp³-hybridized carbons (Fsp3) is 0.250. The summed E-state index contributed by atoms with van der Waals surface area (Å²) in [5.41, 5.74) is 0. The Morgan fingerprint density at radius 2 is 2.17 bits per heavy atom. The minimum atomic E-state index is 0.330. The molecule has 0 fully saturated rings. The Kier molecular flexibility index (Phi) is 2.97. The molecule has 3 aromatic rings. The third-order valence-electron chi connectivity index (χ3n) is 2.48. The molecule has 0 bridgehead atoms. The Balaban J connectivity index is 1.94.